The fourth-order valence-corrected chi connectivity index (χ4v) is 10.1. The highest BCUT2D eigenvalue weighted by atomic mass is 17.3. The summed E-state index contributed by atoms with van der Waals surface area (Å²) in [5.74, 6) is -7.88. The molecule has 1 spiro atoms. The Balaban J connectivity index is 1.06. The van der Waals surface area contributed by atoms with Gasteiger partial charge in [0, 0.05) is 31.7 Å². The lowest BCUT2D eigenvalue weighted by Crippen LogP contribution is -2.76. The number of amides is 5. The molecule has 2 aromatic rings. The lowest BCUT2D eigenvalue weighted by Gasteiger charge is -2.68. The van der Waals surface area contributed by atoms with Gasteiger partial charge >= 0.3 is 17.9 Å². The van der Waals surface area contributed by atoms with Crippen molar-refractivity contribution in [3.05, 3.63) is 59.7 Å². The molecule has 5 fully saturated rings. The minimum Gasteiger partial charge on any atom is -0.489 e. The largest absolute Gasteiger partial charge is 0.489 e. The van der Waals surface area contributed by atoms with Crippen LogP contribution in [0.1, 0.15) is 89.7 Å². The van der Waals surface area contributed by atoms with Gasteiger partial charge in [0.2, 0.25) is 29.5 Å². The third kappa shape index (κ3) is 10.9. The number of carbonyl (C=O) groups excluding carboxylic acids is 5. The predicted molar refractivity (Wildman–Crippen MR) is 226 cm³/mol. The molecule has 0 radical (unpaired) electrons. The standard InChI is InChI=1S/C45H57N5O15/c1-23(2)39(50-40(58)33(12-13-36(52)53)48-42(60)34(20-37(54)55)46-24(3)51)43(61)49-35(21-38(56)57)41(59)47-31-10-8-25(9-11-31)22-63-32-7-5-6-28(19-32)45(62-4)44(64-65-45)29-15-26-14-27(17-29)18-30(44)16-26/h5-11,19,23,26-27,29-30,33-35,39H,12-18,20-22H2,1-4H3,(H,46,51)(H,47,59)(H,48,60)(H,49,61)(H,50,58)(H,52,53)(H,54,55)(H,56,57)/t26?,27?,29?,30?,33-,34-,35-,39-,44?,45?/m0/s1. The predicted octanol–water partition coefficient (Wildman–Crippen LogP) is 2.59. The molecule has 4 saturated carbocycles. The van der Waals surface area contributed by atoms with E-state index in [0.29, 0.717) is 17.6 Å². The number of aliphatic carboxylic acids is 3. The van der Waals surface area contributed by atoms with E-state index in [9.17, 15) is 53.7 Å². The number of hydrogen-bond donors (Lipinski definition) is 8. The maximum absolute atomic E-state index is 13.6. The topological polar surface area (TPSA) is 294 Å². The molecule has 4 bridgehead atoms. The molecule has 5 atom stereocenters. The van der Waals surface area contributed by atoms with Crippen molar-refractivity contribution in [3.8, 4) is 5.75 Å². The summed E-state index contributed by atoms with van der Waals surface area (Å²) in [7, 11) is 1.65. The highest BCUT2D eigenvalue weighted by molar-refractivity contribution is 6.01. The normalized spacial score (nSPS) is 25.6. The average Bonchev–Trinajstić information content (AvgIpc) is 3.22. The summed E-state index contributed by atoms with van der Waals surface area (Å²) >= 11 is 0. The van der Waals surface area contributed by atoms with Gasteiger partial charge < -0.3 is 51.4 Å². The second-order valence-corrected chi connectivity index (χ2v) is 17.8. The van der Waals surface area contributed by atoms with Crippen molar-refractivity contribution < 1.29 is 72.9 Å². The number of benzene rings is 2. The Kier molecular flexibility index (Phi) is 15.1. The molecule has 20 nitrogen and oxygen atoms in total. The first-order chi connectivity index (χ1) is 30.8. The first-order valence-electron chi connectivity index (χ1n) is 21.7. The van der Waals surface area contributed by atoms with Crippen molar-refractivity contribution in [1.82, 2.24) is 21.3 Å². The average molecular weight is 908 g/mol. The lowest BCUT2D eigenvalue weighted by atomic mass is 9.47. The number of nitrogens with one attached hydrogen (secondary N) is 5. The number of hydrogen-bond acceptors (Lipinski definition) is 12. The third-order valence-corrected chi connectivity index (χ3v) is 12.9. The van der Waals surface area contributed by atoms with E-state index in [4.69, 9.17) is 19.2 Å². The van der Waals surface area contributed by atoms with E-state index in [1.165, 1.54) is 20.3 Å². The van der Waals surface area contributed by atoms with Crippen LogP contribution in [-0.4, -0.2) is 99.6 Å². The zero-order chi connectivity index (χ0) is 47.2. The van der Waals surface area contributed by atoms with Gasteiger partial charge in [0.05, 0.1) is 12.8 Å². The van der Waals surface area contributed by atoms with Crippen molar-refractivity contribution in [2.45, 2.75) is 121 Å². The number of carbonyl (C=O) groups is 8. The Labute approximate surface area is 374 Å². The third-order valence-electron chi connectivity index (χ3n) is 12.9. The summed E-state index contributed by atoms with van der Waals surface area (Å²) < 4.78 is 12.4. The van der Waals surface area contributed by atoms with Crippen LogP contribution in [0.15, 0.2) is 48.5 Å². The highest BCUT2D eigenvalue weighted by Crippen LogP contribution is 2.69. The molecular weight excluding hydrogens is 851 g/mol. The zero-order valence-corrected chi connectivity index (χ0v) is 36.6. The van der Waals surface area contributed by atoms with Gasteiger partial charge in [-0.3, -0.25) is 38.4 Å². The van der Waals surface area contributed by atoms with E-state index in [0.717, 1.165) is 55.6 Å². The van der Waals surface area contributed by atoms with Crippen molar-refractivity contribution in [1.29, 1.82) is 0 Å². The second-order valence-electron chi connectivity index (χ2n) is 17.8. The molecule has 5 aliphatic rings. The van der Waals surface area contributed by atoms with E-state index < -0.39 is 115 Å². The maximum Gasteiger partial charge on any atom is 0.305 e. The number of methoxy groups -OCH3 is 1. The van der Waals surface area contributed by atoms with E-state index in [-0.39, 0.29) is 12.3 Å². The van der Waals surface area contributed by atoms with Gasteiger partial charge in [-0.15, -0.1) is 0 Å². The Morgan fingerprint density at radius 1 is 0.708 bits per heavy atom. The fraction of sp³-hybridized carbons (Fsp3) is 0.556. The first-order valence-corrected chi connectivity index (χ1v) is 21.7. The van der Waals surface area contributed by atoms with Crippen LogP contribution >= 0.6 is 0 Å². The Morgan fingerprint density at radius 3 is 1.82 bits per heavy atom. The summed E-state index contributed by atoms with van der Waals surface area (Å²) in [5, 5.41) is 39.9. The monoisotopic (exact) mass is 907 g/mol. The maximum atomic E-state index is 13.6. The van der Waals surface area contributed by atoms with Crippen molar-refractivity contribution in [3.63, 3.8) is 0 Å². The van der Waals surface area contributed by atoms with Crippen molar-refractivity contribution >= 4 is 53.1 Å². The molecule has 1 saturated heterocycles. The van der Waals surface area contributed by atoms with Crippen molar-refractivity contribution in [2.75, 3.05) is 12.4 Å². The summed E-state index contributed by atoms with van der Waals surface area (Å²) in [6, 6.07) is 7.91. The Hall–Kier alpha value is -6.12. The molecular formula is C45H57N5O15. The molecule has 1 unspecified atom stereocenters. The highest BCUT2D eigenvalue weighted by Gasteiger charge is 2.76. The van der Waals surface area contributed by atoms with Gasteiger partial charge in [-0.05, 0) is 97.9 Å². The van der Waals surface area contributed by atoms with Gasteiger partial charge in [0.1, 0.15) is 36.5 Å². The van der Waals surface area contributed by atoms with E-state index >= 15 is 0 Å². The number of ether oxygens (including phenoxy) is 2. The van der Waals surface area contributed by atoms with Gasteiger partial charge in [-0.1, -0.05) is 38.1 Å². The van der Waals surface area contributed by atoms with Gasteiger partial charge in [-0.2, -0.15) is 4.89 Å². The minimum absolute atomic E-state index is 0.161. The van der Waals surface area contributed by atoms with E-state index in [1.807, 2.05) is 24.3 Å². The molecule has 8 N–H and O–H groups in total. The summed E-state index contributed by atoms with van der Waals surface area (Å²) in [5.41, 5.74) is 1.29. The van der Waals surface area contributed by atoms with Crippen LogP contribution in [0.25, 0.3) is 0 Å². The van der Waals surface area contributed by atoms with Gasteiger partial charge in [0.15, 0.2) is 5.60 Å². The van der Waals surface area contributed by atoms with Gasteiger partial charge in [-0.25, -0.2) is 4.89 Å². The molecule has 5 amide bonds. The molecule has 1 aliphatic heterocycles. The number of rotatable bonds is 22. The molecule has 4 aliphatic carbocycles. The number of anilines is 1. The SMILES string of the molecule is COC1(c2cccc(OCc3ccc(NC(=O)[C@H](CC(=O)O)NC(=O)[C@@H](NC(=O)[C@H](CCC(=O)O)NC(=O)[C@H](CC(=O)O)NC(C)=O)C(C)C)cc3)c2)OOC12C1CC3CC(C1)CC2C3. The van der Waals surface area contributed by atoms with Crippen LogP contribution in [0.3, 0.4) is 0 Å². The second kappa shape index (κ2) is 20.4. The van der Waals surface area contributed by atoms with Gasteiger partial charge in [0.25, 0.3) is 5.79 Å². The minimum atomic E-state index is -1.62. The molecule has 1 heterocycles. The first kappa shape index (κ1) is 48.3. The van der Waals surface area contributed by atoms with Crippen LogP contribution in [0.4, 0.5) is 5.69 Å². The van der Waals surface area contributed by atoms with E-state index in [2.05, 4.69) is 26.6 Å². The smallest absolute Gasteiger partial charge is 0.305 e. The molecule has 352 valence electrons. The molecule has 0 aromatic heterocycles. The summed E-state index contributed by atoms with van der Waals surface area (Å²) in [6.45, 7) is 4.28. The zero-order valence-electron chi connectivity index (χ0n) is 36.6. The van der Waals surface area contributed by atoms with E-state index in [1.54, 1.807) is 31.4 Å². The van der Waals surface area contributed by atoms with Crippen LogP contribution in [0.5, 0.6) is 5.75 Å². The molecule has 20 heteroatoms. The molecule has 7 rings (SSSR count). The Morgan fingerprint density at radius 2 is 1.29 bits per heavy atom. The fourth-order valence-electron chi connectivity index (χ4n) is 10.1. The van der Waals surface area contributed by atoms with Crippen LogP contribution in [0.2, 0.25) is 0 Å². The van der Waals surface area contributed by atoms with Crippen LogP contribution < -0.4 is 31.3 Å². The summed E-state index contributed by atoms with van der Waals surface area (Å²) in [4.78, 5) is 112. The van der Waals surface area contributed by atoms with Crippen LogP contribution in [0, 0.1) is 29.6 Å². The number of carboxylic acids is 3. The lowest BCUT2D eigenvalue weighted by molar-refractivity contribution is -0.645. The summed E-state index contributed by atoms with van der Waals surface area (Å²) in [6.07, 6.45) is 2.94. The molecule has 65 heavy (non-hydrogen) atoms. The number of carboxylic acid groups (broad SMARTS) is 3. The quantitative estimate of drug-likeness (QED) is 0.0788. The van der Waals surface area contributed by atoms with Crippen LogP contribution in [-0.2, 0) is 65.3 Å². The van der Waals surface area contributed by atoms with Crippen molar-refractivity contribution in [2.24, 2.45) is 29.6 Å². The molecule has 2 aromatic carbocycles. The Bertz CT molecular complexity index is 2100.